The second-order valence-electron chi connectivity index (χ2n) is 37.8. The fourth-order valence-electron chi connectivity index (χ4n) is 22.3. The fraction of sp³-hybridized carbons (Fsp3) is 0. The first-order valence-corrected chi connectivity index (χ1v) is 50.7. The van der Waals surface area contributed by atoms with E-state index in [1.54, 1.807) is 0 Å². The molecule has 0 fully saturated rings. The van der Waals surface area contributed by atoms with Gasteiger partial charge in [-0.3, -0.25) is 0 Å². The van der Waals surface area contributed by atoms with Crippen LogP contribution in [-0.2, 0) is 0 Å². The van der Waals surface area contributed by atoms with Crippen LogP contribution in [0.3, 0.4) is 0 Å². The summed E-state index contributed by atoms with van der Waals surface area (Å²) in [5.74, 6) is 3.31. The van der Waals surface area contributed by atoms with E-state index in [2.05, 4.69) is 470 Å². The number of rotatable bonds is 15. The van der Waals surface area contributed by atoms with Gasteiger partial charge in [-0.1, -0.05) is 419 Å². The molecule has 13 heteroatoms. The SMILES string of the molecule is c1ccc(-c2cc(-c3cccc(-n4c5ccccc5c5ccc6c7ccccc7n(-c7ccccc7)c6c54)c3)nc(-c3ccccc3)n2)cc1.c1ccc(-c2cc(-c3ccccc3)nc(-c3cccc(-n4c5ccccc5c5ccc6c7ccccc7n(-c7ccccc7)c6c54)c3)n2)cc1.c1ccc(-c2nc(-c3ccccc3)nc(-c3cccc(-n4c5ccccc5c5ccc6c7ccccc7n(-c7ccccc7)c6c54)c3)n2)cc1. The van der Waals surface area contributed by atoms with Gasteiger partial charge in [-0.25, -0.2) is 34.9 Å². The summed E-state index contributed by atoms with van der Waals surface area (Å²) in [6.45, 7) is 0. The summed E-state index contributed by atoms with van der Waals surface area (Å²) in [4.78, 5) is 35.5. The van der Waals surface area contributed by atoms with Gasteiger partial charge in [0.1, 0.15) is 0 Å². The van der Waals surface area contributed by atoms with E-state index in [0.717, 1.165) is 129 Å². The number of hydrogen-bond donors (Lipinski definition) is 0. The Kier molecular flexibility index (Phi) is 21.6. The average Bonchev–Trinajstić information content (AvgIpc) is 1.55. The van der Waals surface area contributed by atoms with E-state index in [9.17, 15) is 0 Å². The molecule has 0 radical (unpaired) electrons. The molecule has 0 aliphatic rings. The molecule has 9 heterocycles. The molecule has 0 spiro atoms. The molecular formula is C137H89N13. The zero-order valence-electron chi connectivity index (χ0n) is 81.2. The van der Waals surface area contributed by atoms with Gasteiger partial charge < -0.3 is 27.4 Å². The highest BCUT2D eigenvalue weighted by atomic mass is 15.1. The molecule has 21 aromatic carbocycles. The van der Waals surface area contributed by atoms with Gasteiger partial charge in [0, 0.05) is 149 Å². The van der Waals surface area contributed by atoms with Crippen LogP contribution in [0.1, 0.15) is 0 Å². The Bertz CT molecular complexity index is 9320. The second kappa shape index (κ2) is 37.1. The molecule has 0 bridgehead atoms. The molecule has 150 heavy (non-hydrogen) atoms. The number of hydrogen-bond acceptors (Lipinski definition) is 7. The summed E-state index contributed by atoms with van der Waals surface area (Å²) >= 11 is 0. The zero-order chi connectivity index (χ0) is 99.1. The normalized spacial score (nSPS) is 11.6. The van der Waals surface area contributed by atoms with E-state index in [4.69, 9.17) is 34.9 Å². The smallest absolute Gasteiger partial charge is 0.164 e. The number of aromatic nitrogens is 13. The summed E-state index contributed by atoms with van der Waals surface area (Å²) in [6.07, 6.45) is 0. The molecule has 0 aliphatic heterocycles. The lowest BCUT2D eigenvalue weighted by atomic mass is 10.1. The lowest BCUT2D eigenvalue weighted by molar-refractivity contribution is 1.07. The molecule has 702 valence electrons. The summed E-state index contributed by atoms with van der Waals surface area (Å²) < 4.78 is 14.5. The summed E-state index contributed by atoms with van der Waals surface area (Å²) in [7, 11) is 0. The number of para-hydroxylation sites is 9. The third kappa shape index (κ3) is 15.2. The third-order valence-corrected chi connectivity index (χ3v) is 29.0. The predicted octanol–water partition coefficient (Wildman–Crippen LogP) is 34.4. The van der Waals surface area contributed by atoms with Crippen LogP contribution >= 0.6 is 0 Å². The van der Waals surface area contributed by atoms with Crippen LogP contribution in [0.2, 0.25) is 0 Å². The first-order valence-electron chi connectivity index (χ1n) is 50.7. The van der Waals surface area contributed by atoms with Crippen LogP contribution in [-0.4, -0.2) is 62.3 Å². The lowest BCUT2D eigenvalue weighted by Gasteiger charge is -2.14. The highest BCUT2D eigenvalue weighted by molar-refractivity contribution is 6.27. The summed E-state index contributed by atoms with van der Waals surface area (Å²) in [5.41, 5.74) is 33.2. The van der Waals surface area contributed by atoms with E-state index in [0.29, 0.717) is 29.1 Å². The number of nitrogens with zero attached hydrogens (tertiary/aromatic N) is 13. The summed E-state index contributed by atoms with van der Waals surface area (Å²) in [5, 5.41) is 14.7. The minimum atomic E-state index is 0.629. The first-order chi connectivity index (χ1) is 74.4. The second-order valence-corrected chi connectivity index (χ2v) is 37.8. The van der Waals surface area contributed by atoms with Crippen LogP contribution < -0.4 is 0 Å². The minimum absolute atomic E-state index is 0.629. The van der Waals surface area contributed by atoms with Crippen LogP contribution in [0.4, 0.5) is 0 Å². The van der Waals surface area contributed by atoms with E-state index in [-0.39, 0.29) is 0 Å². The molecule has 30 rings (SSSR count). The van der Waals surface area contributed by atoms with Crippen molar-refractivity contribution in [2.75, 3.05) is 0 Å². The van der Waals surface area contributed by atoms with Crippen molar-refractivity contribution in [3.05, 3.63) is 540 Å². The number of benzene rings is 21. The van der Waals surface area contributed by atoms with Crippen molar-refractivity contribution in [3.63, 3.8) is 0 Å². The molecule has 9 aromatic heterocycles. The zero-order valence-corrected chi connectivity index (χ0v) is 81.2. The topological polar surface area (TPSA) is 120 Å². The van der Waals surface area contributed by atoms with Gasteiger partial charge in [0.25, 0.3) is 0 Å². The highest BCUT2D eigenvalue weighted by Crippen LogP contribution is 2.48. The lowest BCUT2D eigenvalue weighted by Crippen LogP contribution is -2.01. The van der Waals surface area contributed by atoms with Crippen LogP contribution in [0, 0.1) is 0 Å². The third-order valence-electron chi connectivity index (χ3n) is 29.0. The monoisotopic (exact) mass is 1920 g/mol. The Balaban J connectivity index is 0.000000108. The molecule has 13 nitrogen and oxygen atoms in total. The minimum Gasteiger partial charge on any atom is -0.307 e. The van der Waals surface area contributed by atoms with Crippen molar-refractivity contribution in [2.24, 2.45) is 0 Å². The molecule has 0 amide bonds. The Morgan fingerprint density at radius 2 is 0.273 bits per heavy atom. The van der Waals surface area contributed by atoms with Gasteiger partial charge in [-0.2, -0.15) is 0 Å². The number of fused-ring (bicyclic) bond motifs is 21. The van der Waals surface area contributed by atoms with Gasteiger partial charge >= 0.3 is 0 Å². The maximum Gasteiger partial charge on any atom is 0.164 e. The van der Waals surface area contributed by atoms with E-state index < -0.39 is 0 Å². The van der Waals surface area contributed by atoms with Crippen molar-refractivity contribution < 1.29 is 0 Å². The Hall–Kier alpha value is -20.4. The molecule has 0 atom stereocenters. The largest absolute Gasteiger partial charge is 0.307 e. The van der Waals surface area contributed by atoms with Crippen molar-refractivity contribution in [1.82, 2.24) is 62.3 Å². The molecule has 0 N–H and O–H groups in total. The standard InChI is InChI=1S/2C46H30N4.C45H29N5/c1-4-15-31(16-5-1)40-30-41(48-46(47-40)32-17-6-2-7-18-32)33-19-14-22-35(29-33)50-43-26-13-11-24-37(43)39-28-27-38-36-23-10-12-25-42(36)49(44(38)45(39)50)34-20-8-3-9-21-34;1-4-15-31(16-5-1)40-30-41(32-17-6-2-7-18-32)48-46(47-40)33-19-14-22-35(29-33)50-43-26-13-11-24-37(43)39-28-27-38-36-23-10-12-25-42(36)49(44(38)45(39)50)34-20-8-3-9-21-34;1-4-15-30(16-5-1)43-46-44(31-17-6-2-7-18-31)48-45(47-43)32-19-14-22-34(29-32)50-40-26-13-11-24-36(40)38-28-27-37-35-23-10-12-25-39(35)49(41(37)42(38)50)33-20-8-3-9-21-33/h2*1-30H;1-29H. The van der Waals surface area contributed by atoms with Gasteiger partial charge in [0.05, 0.1) is 89.0 Å². The van der Waals surface area contributed by atoms with Gasteiger partial charge in [0.2, 0.25) is 0 Å². The maximum atomic E-state index is 5.15. The van der Waals surface area contributed by atoms with E-state index in [1.165, 1.54) is 109 Å². The van der Waals surface area contributed by atoms with Crippen molar-refractivity contribution in [3.8, 4) is 136 Å². The molecule has 0 unspecified atom stereocenters. The maximum absolute atomic E-state index is 5.15. The molecule has 0 saturated carbocycles. The summed E-state index contributed by atoms with van der Waals surface area (Å²) in [6, 6.07) is 190. The molecule has 0 aliphatic carbocycles. The Morgan fingerprint density at radius 1 is 0.107 bits per heavy atom. The van der Waals surface area contributed by atoms with E-state index in [1.807, 2.05) is 97.1 Å². The van der Waals surface area contributed by atoms with Gasteiger partial charge in [0.15, 0.2) is 29.1 Å². The highest BCUT2D eigenvalue weighted by Gasteiger charge is 2.28. The quantitative estimate of drug-likeness (QED) is 0.100. The predicted molar refractivity (Wildman–Crippen MR) is 619 cm³/mol. The Labute approximate surface area is 863 Å². The first kappa shape index (κ1) is 87.4. The average molecular weight is 1920 g/mol. The van der Waals surface area contributed by atoms with Gasteiger partial charge in [-0.05, 0) is 121 Å². The van der Waals surface area contributed by atoms with Crippen molar-refractivity contribution in [2.45, 2.75) is 0 Å². The molecule has 0 saturated heterocycles. The van der Waals surface area contributed by atoms with E-state index >= 15 is 0 Å². The van der Waals surface area contributed by atoms with Crippen molar-refractivity contribution >= 4 is 131 Å². The van der Waals surface area contributed by atoms with Crippen LogP contribution in [0.15, 0.2) is 540 Å². The molecular weight excluding hydrogens is 1830 g/mol. The van der Waals surface area contributed by atoms with Crippen LogP contribution in [0.25, 0.3) is 267 Å². The fourth-order valence-corrected chi connectivity index (χ4v) is 22.3. The van der Waals surface area contributed by atoms with Crippen LogP contribution in [0.5, 0.6) is 0 Å². The Morgan fingerprint density at radius 3 is 0.527 bits per heavy atom. The van der Waals surface area contributed by atoms with Crippen molar-refractivity contribution in [1.29, 1.82) is 0 Å². The molecule has 30 aromatic rings. The van der Waals surface area contributed by atoms with Gasteiger partial charge in [-0.15, -0.1) is 0 Å².